The normalized spacial score (nSPS) is 16.1. The maximum absolute atomic E-state index is 11.3. The Kier molecular flexibility index (Phi) is 5.31. The molecule has 0 aliphatic heterocycles. The largest absolute Gasteiger partial charge is 0.481 e. The molecule has 0 bridgehead atoms. The summed E-state index contributed by atoms with van der Waals surface area (Å²) >= 11 is 0. The first-order valence-electron chi connectivity index (χ1n) is 5.27. The number of benzene rings is 1. The van der Waals surface area contributed by atoms with Crippen LogP contribution in [0.15, 0.2) is 30.3 Å². The third-order valence-corrected chi connectivity index (χ3v) is 3.95. The summed E-state index contributed by atoms with van der Waals surface area (Å²) in [4.78, 5) is 11.2. The summed E-state index contributed by atoms with van der Waals surface area (Å²) < 4.78 is 11.3. The van der Waals surface area contributed by atoms with Gasteiger partial charge in [-0.1, -0.05) is 30.3 Å². The van der Waals surface area contributed by atoms with Crippen molar-refractivity contribution in [3.8, 4) is 0 Å². The summed E-state index contributed by atoms with van der Waals surface area (Å²) in [6, 6.07) is 8.80. The summed E-state index contributed by atoms with van der Waals surface area (Å²) in [7, 11) is -1.23. The van der Waals surface area contributed by atoms with Gasteiger partial charge < -0.3 is 10.2 Å². The van der Waals surface area contributed by atoms with Crippen LogP contribution in [0.5, 0.6) is 0 Å². The molecular weight excluding hydrogens is 240 g/mol. The minimum absolute atomic E-state index is 0.180. The number of hydrogen-bond acceptors (Lipinski definition) is 3. The lowest BCUT2D eigenvalue weighted by atomic mass is 9.94. The third-order valence-electron chi connectivity index (χ3n) is 2.67. The molecule has 3 atom stereocenters. The van der Waals surface area contributed by atoms with Crippen molar-refractivity contribution in [3.05, 3.63) is 35.9 Å². The Labute approximate surface area is 103 Å². The highest BCUT2D eigenvalue weighted by Crippen LogP contribution is 2.23. The second kappa shape index (κ2) is 6.51. The second-order valence-electron chi connectivity index (χ2n) is 3.84. The number of aliphatic carboxylic acids is 1. The summed E-state index contributed by atoms with van der Waals surface area (Å²) in [5.74, 6) is -1.68. The fourth-order valence-electron chi connectivity index (χ4n) is 1.64. The van der Waals surface area contributed by atoms with Gasteiger partial charge >= 0.3 is 5.97 Å². The molecule has 0 radical (unpaired) electrons. The van der Waals surface area contributed by atoms with Crippen molar-refractivity contribution < 1.29 is 19.2 Å². The van der Waals surface area contributed by atoms with Gasteiger partial charge in [0, 0.05) is 17.1 Å². The van der Waals surface area contributed by atoms with Gasteiger partial charge in [-0.05, 0) is 12.0 Å². The van der Waals surface area contributed by atoms with Gasteiger partial charge in [-0.15, -0.1) is 0 Å². The van der Waals surface area contributed by atoms with Gasteiger partial charge in [0.05, 0.1) is 17.8 Å². The van der Waals surface area contributed by atoms with E-state index in [1.165, 1.54) is 6.26 Å². The van der Waals surface area contributed by atoms with E-state index < -0.39 is 27.9 Å². The van der Waals surface area contributed by atoms with Crippen molar-refractivity contribution >= 4 is 16.8 Å². The number of hydrogen-bond donors (Lipinski definition) is 2. The minimum atomic E-state index is -1.23. The molecule has 1 aromatic carbocycles. The van der Waals surface area contributed by atoms with Gasteiger partial charge in [-0.2, -0.15) is 0 Å². The lowest BCUT2D eigenvalue weighted by Crippen LogP contribution is -2.25. The number of rotatable bonds is 6. The second-order valence-corrected chi connectivity index (χ2v) is 5.50. The third kappa shape index (κ3) is 3.94. The van der Waals surface area contributed by atoms with Crippen molar-refractivity contribution in [2.24, 2.45) is 0 Å². The fraction of sp³-hybridized carbons (Fsp3) is 0.417. The van der Waals surface area contributed by atoms with E-state index in [-0.39, 0.29) is 13.0 Å². The molecular formula is C12H16O4S. The highest BCUT2D eigenvalue weighted by Gasteiger charge is 2.25. The monoisotopic (exact) mass is 256 g/mol. The minimum Gasteiger partial charge on any atom is -0.481 e. The van der Waals surface area contributed by atoms with E-state index in [9.17, 15) is 14.1 Å². The lowest BCUT2D eigenvalue weighted by Gasteiger charge is -2.17. The van der Waals surface area contributed by atoms with E-state index in [2.05, 4.69) is 0 Å². The molecule has 4 nitrogen and oxygen atoms in total. The van der Waals surface area contributed by atoms with Gasteiger partial charge in [-0.25, -0.2) is 0 Å². The van der Waals surface area contributed by atoms with Crippen LogP contribution < -0.4 is 0 Å². The Morgan fingerprint density at radius 3 is 2.35 bits per heavy atom. The van der Waals surface area contributed by atoms with Crippen LogP contribution in [0.25, 0.3) is 0 Å². The van der Waals surface area contributed by atoms with E-state index in [1.54, 1.807) is 24.3 Å². The predicted molar refractivity (Wildman–Crippen MR) is 66.4 cm³/mol. The summed E-state index contributed by atoms with van der Waals surface area (Å²) in [6.07, 6.45) is 1.66. The highest BCUT2D eigenvalue weighted by atomic mass is 32.2. The van der Waals surface area contributed by atoms with Crippen LogP contribution in [0.4, 0.5) is 0 Å². The number of carbonyl (C=O) groups is 1. The van der Waals surface area contributed by atoms with E-state index in [4.69, 9.17) is 5.11 Å². The highest BCUT2D eigenvalue weighted by molar-refractivity contribution is 7.84. The van der Waals surface area contributed by atoms with Gasteiger partial charge in [0.1, 0.15) is 0 Å². The Bertz CT molecular complexity index is 391. The number of aliphatic hydroxyl groups excluding tert-OH is 1. The van der Waals surface area contributed by atoms with Crippen LogP contribution in [0, 0.1) is 0 Å². The molecule has 0 aromatic heterocycles. The van der Waals surface area contributed by atoms with Crippen LogP contribution in [-0.4, -0.2) is 38.5 Å². The van der Waals surface area contributed by atoms with Crippen molar-refractivity contribution in [2.75, 3.05) is 12.9 Å². The molecule has 0 saturated carbocycles. The Morgan fingerprint density at radius 2 is 1.94 bits per heavy atom. The zero-order valence-corrected chi connectivity index (χ0v) is 10.4. The molecule has 1 aromatic rings. The van der Waals surface area contributed by atoms with E-state index >= 15 is 0 Å². The fourth-order valence-corrected chi connectivity index (χ4v) is 2.32. The van der Waals surface area contributed by atoms with Crippen molar-refractivity contribution in [1.82, 2.24) is 0 Å². The Morgan fingerprint density at radius 1 is 1.35 bits per heavy atom. The van der Waals surface area contributed by atoms with Crippen molar-refractivity contribution in [3.63, 3.8) is 0 Å². The molecule has 0 saturated heterocycles. The Balaban J connectivity index is 2.88. The molecule has 2 N–H and O–H groups in total. The summed E-state index contributed by atoms with van der Waals surface area (Å²) in [5.41, 5.74) is 0.670. The number of carboxylic acids is 1. The van der Waals surface area contributed by atoms with Crippen LogP contribution in [-0.2, 0) is 15.6 Å². The first-order chi connectivity index (χ1) is 8.06. The first kappa shape index (κ1) is 13.9. The van der Waals surface area contributed by atoms with E-state index in [0.29, 0.717) is 5.56 Å². The predicted octanol–water partition coefficient (Wildman–Crippen LogP) is 0.984. The number of carboxylic acid groups (broad SMARTS) is 1. The first-order valence-corrected chi connectivity index (χ1v) is 6.89. The zero-order valence-electron chi connectivity index (χ0n) is 9.57. The van der Waals surface area contributed by atoms with Crippen LogP contribution in [0.3, 0.4) is 0 Å². The van der Waals surface area contributed by atoms with Crippen molar-refractivity contribution in [2.45, 2.75) is 17.6 Å². The van der Waals surface area contributed by atoms with Crippen LogP contribution >= 0.6 is 0 Å². The molecule has 1 rings (SSSR count). The van der Waals surface area contributed by atoms with Gasteiger partial charge in [0.25, 0.3) is 0 Å². The molecule has 0 aliphatic carbocycles. The SMILES string of the molecule is CS(=O)C(CO)CC(C(=O)O)c1ccccc1. The molecule has 0 heterocycles. The van der Waals surface area contributed by atoms with Gasteiger partial charge in [0.15, 0.2) is 0 Å². The Hall–Kier alpha value is -1.20. The van der Waals surface area contributed by atoms with Crippen LogP contribution in [0.2, 0.25) is 0 Å². The molecule has 0 fully saturated rings. The lowest BCUT2D eigenvalue weighted by molar-refractivity contribution is -0.139. The molecule has 5 heteroatoms. The number of aliphatic hydroxyl groups is 1. The summed E-state index contributed by atoms with van der Waals surface area (Å²) in [5, 5.41) is 17.8. The van der Waals surface area contributed by atoms with Gasteiger partial charge in [0.2, 0.25) is 0 Å². The maximum atomic E-state index is 11.3. The average molecular weight is 256 g/mol. The van der Waals surface area contributed by atoms with Gasteiger partial charge in [-0.3, -0.25) is 9.00 Å². The molecule has 3 unspecified atom stereocenters. The molecule has 0 spiro atoms. The van der Waals surface area contributed by atoms with Crippen LogP contribution in [0.1, 0.15) is 17.9 Å². The molecule has 94 valence electrons. The zero-order chi connectivity index (χ0) is 12.8. The smallest absolute Gasteiger partial charge is 0.311 e. The average Bonchev–Trinajstić information content (AvgIpc) is 2.30. The molecule has 0 amide bonds. The summed E-state index contributed by atoms with van der Waals surface area (Å²) in [6.45, 7) is -0.264. The van der Waals surface area contributed by atoms with E-state index in [1.807, 2.05) is 6.07 Å². The standard InChI is InChI=1S/C12H16O4S/c1-17(16)10(8-13)7-11(12(14)15)9-5-3-2-4-6-9/h2-6,10-11,13H,7-8H2,1H3,(H,14,15). The topological polar surface area (TPSA) is 74.6 Å². The molecule has 17 heavy (non-hydrogen) atoms. The molecule has 0 aliphatic rings. The van der Waals surface area contributed by atoms with Crippen molar-refractivity contribution in [1.29, 1.82) is 0 Å². The van der Waals surface area contributed by atoms with E-state index in [0.717, 1.165) is 0 Å². The maximum Gasteiger partial charge on any atom is 0.311 e. The quantitative estimate of drug-likeness (QED) is 0.795.